The van der Waals surface area contributed by atoms with E-state index in [1.54, 1.807) is 61.2 Å². The lowest BCUT2D eigenvalue weighted by Gasteiger charge is -2.21. The van der Waals surface area contributed by atoms with Crippen molar-refractivity contribution in [3.05, 3.63) is 65.9 Å². The molecule has 0 aliphatic heterocycles. The van der Waals surface area contributed by atoms with Gasteiger partial charge in [-0.25, -0.2) is 15.0 Å². The van der Waals surface area contributed by atoms with Gasteiger partial charge in [0.15, 0.2) is 0 Å². The van der Waals surface area contributed by atoms with Crippen LogP contribution in [0.25, 0.3) is 16.8 Å². The Kier molecular flexibility index (Phi) is 7.06. The number of nitrogens with two attached hydrogens (primary N) is 1. The normalized spacial score (nSPS) is 11.4. The number of fused-ring (bicyclic) bond motifs is 1. The Hall–Kier alpha value is -4.91. The molecule has 0 saturated heterocycles. The van der Waals surface area contributed by atoms with E-state index in [4.69, 9.17) is 15.5 Å². The summed E-state index contributed by atoms with van der Waals surface area (Å²) in [5, 5.41) is 2.80. The molecule has 0 radical (unpaired) electrons. The molecule has 3 aromatic heterocycles. The highest BCUT2D eigenvalue weighted by Gasteiger charge is 2.27. The number of nitrogen functional groups attached to an aromatic ring is 1. The van der Waals surface area contributed by atoms with Gasteiger partial charge in [-0.05, 0) is 50.5 Å². The summed E-state index contributed by atoms with van der Waals surface area (Å²) in [7, 11) is 3.15. The number of carbonyl (C=O) groups excluding carboxylic acids is 2. The molecule has 4 rings (SSSR count). The molecule has 0 saturated carbocycles. The number of ether oxygens (including phenoxy) is 1. The first-order valence-corrected chi connectivity index (χ1v) is 11.5. The summed E-state index contributed by atoms with van der Waals surface area (Å²) in [5.74, 6) is 5.98. The first-order valence-electron chi connectivity index (χ1n) is 11.5. The van der Waals surface area contributed by atoms with Crippen LogP contribution in [-0.2, 0) is 4.79 Å². The second-order valence-corrected chi connectivity index (χ2v) is 8.38. The molecule has 10 nitrogen and oxygen atoms in total. The average Bonchev–Trinajstić information content (AvgIpc) is 3.29. The number of hydrogen-bond acceptors (Lipinski definition) is 7. The molecule has 3 heterocycles. The number of rotatable bonds is 6. The van der Waals surface area contributed by atoms with Crippen molar-refractivity contribution in [2.75, 3.05) is 25.2 Å². The molecule has 188 valence electrons. The smallest absolute Gasteiger partial charge is 0.298 e. The summed E-state index contributed by atoms with van der Waals surface area (Å²) in [6.07, 6.45) is 4.96. The van der Waals surface area contributed by atoms with Crippen LogP contribution in [0.5, 0.6) is 5.75 Å². The van der Waals surface area contributed by atoms with Gasteiger partial charge < -0.3 is 20.7 Å². The van der Waals surface area contributed by atoms with E-state index in [0.29, 0.717) is 39.7 Å². The molecule has 2 amide bonds. The zero-order valence-corrected chi connectivity index (χ0v) is 21.2. The van der Waals surface area contributed by atoms with Crippen molar-refractivity contribution in [2.24, 2.45) is 0 Å². The quantitative estimate of drug-likeness (QED) is 0.390. The van der Waals surface area contributed by atoms with E-state index in [1.807, 2.05) is 19.9 Å². The average molecular weight is 498 g/mol. The molecule has 0 bridgehead atoms. The van der Waals surface area contributed by atoms with Crippen LogP contribution in [0, 0.1) is 18.8 Å². The maximum atomic E-state index is 13.2. The van der Waals surface area contributed by atoms with Gasteiger partial charge in [-0.3, -0.25) is 14.0 Å². The summed E-state index contributed by atoms with van der Waals surface area (Å²) in [6, 6.07) is 8.34. The number of aryl methyl sites for hydroxylation is 1. The van der Waals surface area contributed by atoms with Crippen LogP contribution in [0.3, 0.4) is 0 Å². The molecule has 10 heteroatoms. The van der Waals surface area contributed by atoms with Crippen molar-refractivity contribution in [1.29, 1.82) is 0 Å². The topological polar surface area (TPSA) is 128 Å². The van der Waals surface area contributed by atoms with Gasteiger partial charge >= 0.3 is 0 Å². The number of nitrogens with zero attached hydrogens (tertiary/aromatic N) is 5. The highest BCUT2D eigenvalue weighted by Crippen LogP contribution is 2.38. The molecule has 0 unspecified atom stereocenters. The fourth-order valence-corrected chi connectivity index (χ4v) is 3.96. The predicted molar refractivity (Wildman–Crippen MR) is 141 cm³/mol. The number of aromatic nitrogens is 4. The van der Waals surface area contributed by atoms with Gasteiger partial charge in [0.2, 0.25) is 0 Å². The maximum Gasteiger partial charge on any atom is 0.298 e. The fraction of sp³-hybridized carbons (Fsp3) is 0.222. The molecule has 1 atom stereocenters. The van der Waals surface area contributed by atoms with Crippen LogP contribution in [-0.4, -0.2) is 50.2 Å². The fourth-order valence-electron chi connectivity index (χ4n) is 3.96. The van der Waals surface area contributed by atoms with E-state index in [1.165, 1.54) is 12.0 Å². The summed E-state index contributed by atoms with van der Waals surface area (Å²) in [6.45, 7) is 5.37. The largest absolute Gasteiger partial charge is 0.495 e. The summed E-state index contributed by atoms with van der Waals surface area (Å²) in [4.78, 5) is 40.5. The van der Waals surface area contributed by atoms with Gasteiger partial charge in [0, 0.05) is 31.2 Å². The number of imidazole rings is 1. The molecular weight excluding hydrogens is 470 g/mol. The molecule has 37 heavy (non-hydrogen) atoms. The number of pyridine rings is 1. The molecule has 4 aromatic rings. The van der Waals surface area contributed by atoms with Crippen LogP contribution >= 0.6 is 0 Å². The van der Waals surface area contributed by atoms with Crippen LogP contribution in [0.15, 0.2) is 48.9 Å². The van der Waals surface area contributed by atoms with Gasteiger partial charge in [0.25, 0.3) is 11.8 Å². The summed E-state index contributed by atoms with van der Waals surface area (Å²) >= 11 is 0. The number of para-hydroxylation sites is 1. The Bertz CT molecular complexity index is 1550. The Labute approximate surface area is 214 Å². The highest BCUT2D eigenvalue weighted by atomic mass is 16.5. The summed E-state index contributed by atoms with van der Waals surface area (Å²) in [5.41, 5.74) is 9.11. The maximum absolute atomic E-state index is 13.2. The van der Waals surface area contributed by atoms with E-state index in [2.05, 4.69) is 27.1 Å². The van der Waals surface area contributed by atoms with Crippen molar-refractivity contribution in [1.82, 2.24) is 24.3 Å². The monoisotopic (exact) mass is 497 g/mol. The minimum atomic E-state index is -0.443. The lowest BCUT2D eigenvalue weighted by Crippen LogP contribution is -2.29. The summed E-state index contributed by atoms with van der Waals surface area (Å²) < 4.78 is 7.50. The molecule has 1 aromatic carbocycles. The third-order valence-corrected chi connectivity index (χ3v) is 5.99. The van der Waals surface area contributed by atoms with Gasteiger partial charge in [-0.15, -0.1) is 0 Å². The third kappa shape index (κ3) is 4.79. The Morgan fingerprint density at radius 1 is 1.22 bits per heavy atom. The van der Waals surface area contributed by atoms with E-state index in [9.17, 15) is 9.59 Å². The standard InChI is InChI=1S/C27H27N7O3/c1-6-8-21(35)33(4)17(3)26-32-22(23-25(28)29-13-14-34(23)26)18-9-7-10-19(24(18)37-5)27(36)31-20-12-11-16(2)15-30-20/h7,9-15,17H,1-5H3,(H2,28,29)(H,30,31,36)/t17-/m0/s1. The first-order chi connectivity index (χ1) is 17.8. The number of amides is 2. The SMILES string of the molecule is CC#CC(=O)N(C)[C@@H](C)c1nc(-c2cccc(C(=O)Nc3ccc(C)cn3)c2OC)c2c(N)nccn12. The molecular formula is C27H27N7O3. The number of benzene rings is 1. The van der Waals surface area contributed by atoms with Crippen molar-refractivity contribution >= 4 is 29.0 Å². The minimum absolute atomic E-state index is 0.242. The highest BCUT2D eigenvalue weighted by molar-refractivity contribution is 6.07. The third-order valence-electron chi connectivity index (χ3n) is 5.99. The van der Waals surface area contributed by atoms with Gasteiger partial charge in [0.1, 0.15) is 34.4 Å². The van der Waals surface area contributed by atoms with Crippen LogP contribution in [0.2, 0.25) is 0 Å². The van der Waals surface area contributed by atoms with Gasteiger partial charge in [-0.1, -0.05) is 18.1 Å². The zero-order chi connectivity index (χ0) is 26.7. The first kappa shape index (κ1) is 25.2. The molecule has 0 aliphatic carbocycles. The van der Waals surface area contributed by atoms with E-state index >= 15 is 0 Å². The zero-order valence-electron chi connectivity index (χ0n) is 21.2. The predicted octanol–water partition coefficient (Wildman–Crippen LogP) is 3.49. The van der Waals surface area contributed by atoms with Gasteiger partial charge in [-0.2, -0.15) is 0 Å². The Balaban J connectivity index is 1.84. The van der Waals surface area contributed by atoms with Crippen LogP contribution in [0.1, 0.15) is 41.6 Å². The lowest BCUT2D eigenvalue weighted by atomic mass is 10.0. The van der Waals surface area contributed by atoms with Gasteiger partial charge in [0.05, 0.1) is 18.7 Å². The number of carbonyl (C=O) groups is 2. The second kappa shape index (κ2) is 10.4. The van der Waals surface area contributed by atoms with E-state index in [-0.39, 0.29) is 17.6 Å². The Morgan fingerprint density at radius 2 is 2.00 bits per heavy atom. The number of hydrogen-bond donors (Lipinski definition) is 2. The van der Waals surface area contributed by atoms with Crippen molar-refractivity contribution in [3.63, 3.8) is 0 Å². The number of methoxy groups -OCH3 is 1. The molecule has 3 N–H and O–H groups in total. The van der Waals surface area contributed by atoms with Crippen LogP contribution in [0.4, 0.5) is 11.6 Å². The Morgan fingerprint density at radius 3 is 2.68 bits per heavy atom. The van der Waals surface area contributed by atoms with Crippen molar-refractivity contribution in [3.8, 4) is 28.8 Å². The van der Waals surface area contributed by atoms with Crippen LogP contribution < -0.4 is 15.8 Å². The van der Waals surface area contributed by atoms with E-state index < -0.39 is 6.04 Å². The number of nitrogens with one attached hydrogen (secondary N) is 1. The lowest BCUT2D eigenvalue weighted by molar-refractivity contribution is -0.125. The van der Waals surface area contributed by atoms with E-state index in [0.717, 1.165) is 5.56 Å². The molecule has 0 aliphatic rings. The second-order valence-electron chi connectivity index (χ2n) is 8.38. The molecule has 0 fully saturated rings. The van der Waals surface area contributed by atoms with Crippen molar-refractivity contribution < 1.29 is 14.3 Å². The molecule has 0 spiro atoms. The number of anilines is 2. The van der Waals surface area contributed by atoms with Crippen molar-refractivity contribution in [2.45, 2.75) is 26.8 Å². The minimum Gasteiger partial charge on any atom is -0.495 e.